The quantitative estimate of drug-likeness (QED) is 0.153. The summed E-state index contributed by atoms with van der Waals surface area (Å²) < 4.78 is 99.1. The highest BCUT2D eigenvalue weighted by atomic mass is 127. The van der Waals surface area contributed by atoms with E-state index in [9.17, 15) is 40.4 Å². The van der Waals surface area contributed by atoms with Gasteiger partial charge in [0, 0.05) is 16.4 Å². The van der Waals surface area contributed by atoms with Crippen LogP contribution in [-0.4, -0.2) is 60.9 Å². The van der Waals surface area contributed by atoms with Crippen molar-refractivity contribution in [3.05, 3.63) is 33.4 Å². The van der Waals surface area contributed by atoms with E-state index in [1.807, 2.05) is 22.6 Å². The number of halogens is 5. The zero-order valence-corrected chi connectivity index (χ0v) is 19.9. The molecule has 9 nitrogen and oxygen atoms in total. The molecule has 188 valence electrons. The zero-order valence-electron chi connectivity index (χ0n) is 17.0. The molecular formula is C19H17F4IO9S. The average molecular weight is 624 g/mol. The van der Waals surface area contributed by atoms with Crippen LogP contribution >= 0.6 is 22.6 Å². The number of rotatable bonds is 8. The molecule has 4 atom stereocenters. The molecule has 1 aliphatic heterocycles. The molecule has 1 saturated carbocycles. The average Bonchev–Trinajstić information content (AvgIpc) is 3.05. The number of ether oxygens (including phenoxy) is 3. The summed E-state index contributed by atoms with van der Waals surface area (Å²) in [5, 5.41) is -5.80. The second-order valence-corrected chi connectivity index (χ2v) is 10.4. The Morgan fingerprint density at radius 2 is 1.76 bits per heavy atom. The summed E-state index contributed by atoms with van der Waals surface area (Å²) in [7, 11) is -6.42. The van der Waals surface area contributed by atoms with Crippen molar-refractivity contribution in [2.24, 2.45) is 11.8 Å². The van der Waals surface area contributed by atoms with Crippen LogP contribution in [-0.2, 0) is 33.9 Å². The van der Waals surface area contributed by atoms with E-state index in [1.165, 1.54) is 12.1 Å². The molecule has 0 radical (unpaired) electrons. The van der Waals surface area contributed by atoms with Crippen LogP contribution in [0, 0.1) is 15.4 Å². The van der Waals surface area contributed by atoms with Crippen molar-refractivity contribution in [3.63, 3.8) is 0 Å². The summed E-state index contributed by atoms with van der Waals surface area (Å²) >= 11 is 2.03. The van der Waals surface area contributed by atoms with Gasteiger partial charge in [0.05, 0.1) is 30.4 Å². The largest absolute Gasteiger partial charge is 0.465 e. The van der Waals surface area contributed by atoms with Gasteiger partial charge in [-0.15, -0.1) is 0 Å². The van der Waals surface area contributed by atoms with Crippen LogP contribution in [0.2, 0.25) is 0 Å². The summed E-state index contributed by atoms with van der Waals surface area (Å²) in [5.74, 6) is -10.3. The first-order valence-electron chi connectivity index (χ1n) is 9.70. The van der Waals surface area contributed by atoms with Crippen LogP contribution in [0.15, 0.2) is 24.3 Å². The number of benzene rings is 1. The van der Waals surface area contributed by atoms with Gasteiger partial charge in [-0.3, -0.25) is 14.1 Å². The number of alkyl halides is 4. The van der Waals surface area contributed by atoms with Gasteiger partial charge in [-0.05, 0) is 46.9 Å². The fourth-order valence-corrected chi connectivity index (χ4v) is 4.49. The van der Waals surface area contributed by atoms with Crippen LogP contribution < -0.4 is 0 Å². The van der Waals surface area contributed by atoms with Crippen LogP contribution in [0.3, 0.4) is 0 Å². The standard InChI is InChI=1S/C19H17F4IO9S/c20-18(21,19(22,23)34(28,29)30)5-6-31-16(26)11-7-13(14-8-12(11)17(27)33-14)32-15(25)9-1-3-10(24)4-2-9/h1-4,11-14H,5-8H2,(H,28,29,30). The lowest BCUT2D eigenvalue weighted by Gasteiger charge is -2.30. The number of fused-ring (bicyclic) bond motifs is 2. The summed E-state index contributed by atoms with van der Waals surface area (Å²) in [6.45, 7) is -1.33. The number of carbonyl (C=O) groups excluding carboxylic acids is 3. The molecule has 0 amide bonds. The van der Waals surface area contributed by atoms with E-state index in [0.717, 1.165) is 3.57 Å². The summed E-state index contributed by atoms with van der Waals surface area (Å²) in [5.41, 5.74) is 0.202. The lowest BCUT2D eigenvalue weighted by atomic mass is 9.78. The Kier molecular flexibility index (Phi) is 7.48. The molecule has 0 aromatic heterocycles. The van der Waals surface area contributed by atoms with E-state index < -0.39 is 76.3 Å². The number of hydrogen-bond donors (Lipinski definition) is 1. The first kappa shape index (κ1) is 26.6. The topological polar surface area (TPSA) is 133 Å². The van der Waals surface area contributed by atoms with Gasteiger partial charge < -0.3 is 14.2 Å². The van der Waals surface area contributed by atoms with Crippen molar-refractivity contribution in [2.45, 2.75) is 42.6 Å². The molecule has 1 saturated heterocycles. The van der Waals surface area contributed by atoms with Gasteiger partial charge >= 0.3 is 39.2 Å². The number of hydrogen-bond acceptors (Lipinski definition) is 8. The predicted molar refractivity (Wildman–Crippen MR) is 111 cm³/mol. The molecule has 0 spiro atoms. The maximum absolute atomic E-state index is 13.6. The Morgan fingerprint density at radius 1 is 1.15 bits per heavy atom. The Morgan fingerprint density at radius 3 is 2.35 bits per heavy atom. The van der Waals surface area contributed by atoms with E-state index >= 15 is 0 Å². The van der Waals surface area contributed by atoms with Crippen molar-refractivity contribution in [2.75, 3.05) is 6.61 Å². The normalized spacial score (nSPS) is 24.9. The Bertz CT molecular complexity index is 1080. The second kappa shape index (κ2) is 9.56. The van der Waals surface area contributed by atoms with Gasteiger partial charge in [-0.1, -0.05) is 0 Å². The number of esters is 3. The highest BCUT2D eigenvalue weighted by Gasteiger charge is 2.65. The molecule has 1 aromatic carbocycles. The minimum atomic E-state index is -6.42. The summed E-state index contributed by atoms with van der Waals surface area (Å²) in [6, 6.07) is 6.33. The van der Waals surface area contributed by atoms with Crippen molar-refractivity contribution in [1.82, 2.24) is 0 Å². The highest BCUT2D eigenvalue weighted by Crippen LogP contribution is 2.42. The van der Waals surface area contributed by atoms with E-state index in [1.54, 1.807) is 12.1 Å². The number of carbonyl (C=O) groups is 3. The molecule has 4 unspecified atom stereocenters. The SMILES string of the molecule is O=C(OC1CC(C(=O)OCCC(F)(F)C(F)(F)S(=O)(=O)O)C2CC1OC2=O)c1ccc(I)cc1. The molecule has 2 aliphatic rings. The van der Waals surface area contributed by atoms with Crippen molar-refractivity contribution < 1.29 is 59.1 Å². The lowest BCUT2D eigenvalue weighted by molar-refractivity contribution is -0.177. The van der Waals surface area contributed by atoms with Gasteiger partial charge in [0.2, 0.25) is 0 Å². The second-order valence-electron chi connectivity index (χ2n) is 7.72. The molecule has 15 heteroatoms. The third kappa shape index (κ3) is 5.30. The van der Waals surface area contributed by atoms with Crippen molar-refractivity contribution in [3.8, 4) is 0 Å². The molecule has 1 aliphatic carbocycles. The van der Waals surface area contributed by atoms with Crippen molar-refractivity contribution in [1.29, 1.82) is 0 Å². The smallest absolute Gasteiger partial charge is 0.431 e. The molecule has 2 bridgehead atoms. The van der Waals surface area contributed by atoms with Crippen LogP contribution in [0.25, 0.3) is 0 Å². The molecule has 1 aromatic rings. The molecular weight excluding hydrogens is 607 g/mol. The van der Waals surface area contributed by atoms with Gasteiger partial charge in [0.25, 0.3) is 0 Å². The monoisotopic (exact) mass is 624 g/mol. The maximum atomic E-state index is 13.6. The zero-order chi connectivity index (χ0) is 25.5. The van der Waals surface area contributed by atoms with Crippen molar-refractivity contribution >= 4 is 50.6 Å². The minimum absolute atomic E-state index is 0.0137. The van der Waals surface area contributed by atoms with Gasteiger partial charge in [-0.2, -0.15) is 26.0 Å². The molecule has 2 fully saturated rings. The fraction of sp³-hybridized carbons (Fsp3) is 0.526. The predicted octanol–water partition coefficient (Wildman–Crippen LogP) is 2.82. The molecule has 3 rings (SSSR count). The van der Waals surface area contributed by atoms with Crippen LogP contribution in [0.1, 0.15) is 29.6 Å². The van der Waals surface area contributed by atoms with Gasteiger partial charge in [0.1, 0.15) is 12.2 Å². The minimum Gasteiger partial charge on any atom is -0.465 e. The molecule has 1 heterocycles. The van der Waals surface area contributed by atoms with E-state index in [-0.39, 0.29) is 18.4 Å². The first-order chi connectivity index (χ1) is 15.6. The lowest BCUT2D eigenvalue weighted by Crippen LogP contribution is -2.47. The first-order valence-corrected chi connectivity index (χ1v) is 12.2. The molecule has 34 heavy (non-hydrogen) atoms. The van der Waals surface area contributed by atoms with Crippen LogP contribution in [0.4, 0.5) is 17.6 Å². The van der Waals surface area contributed by atoms with Gasteiger partial charge in [-0.25, -0.2) is 4.79 Å². The Balaban J connectivity index is 1.64. The Hall–Kier alpha value is -2.01. The third-order valence-corrected chi connectivity index (χ3v) is 7.16. The highest BCUT2D eigenvalue weighted by molar-refractivity contribution is 14.1. The fourth-order valence-electron chi connectivity index (χ4n) is 3.65. The van der Waals surface area contributed by atoms with E-state index in [4.69, 9.17) is 14.0 Å². The summed E-state index contributed by atoms with van der Waals surface area (Å²) in [6.07, 6.45) is -4.04. The molecule has 1 N–H and O–H groups in total. The Labute approximate surface area is 204 Å². The summed E-state index contributed by atoms with van der Waals surface area (Å²) in [4.78, 5) is 36.9. The van der Waals surface area contributed by atoms with Crippen LogP contribution in [0.5, 0.6) is 0 Å². The maximum Gasteiger partial charge on any atom is 0.431 e. The third-order valence-electron chi connectivity index (χ3n) is 5.49. The van der Waals surface area contributed by atoms with E-state index in [2.05, 4.69) is 4.74 Å². The van der Waals surface area contributed by atoms with E-state index in [0.29, 0.717) is 0 Å². The van der Waals surface area contributed by atoms with Gasteiger partial charge in [0.15, 0.2) is 0 Å².